The average Bonchev–Trinajstić information content (AvgIpc) is 2.79. The molecule has 0 aliphatic carbocycles. The molecule has 5 heteroatoms. The van der Waals surface area contributed by atoms with Gasteiger partial charge in [-0.3, -0.25) is 4.79 Å². The number of carbonyl (C=O) groups is 1. The molecule has 0 radical (unpaired) electrons. The zero-order valence-corrected chi connectivity index (χ0v) is 10.3. The molecule has 2 aromatic rings. The standard InChI is InChI=1S/C12H13N3OS/c1-9(16)15-11-4-2-3-10(5-11)13-6-12-7-17-8-14-12/h2-5,7-8,13H,6H2,1H3,(H,15,16). The SMILES string of the molecule is CC(=O)Nc1cccc(NCc2cscn2)c1. The molecule has 0 fully saturated rings. The lowest BCUT2D eigenvalue weighted by molar-refractivity contribution is -0.114. The summed E-state index contributed by atoms with van der Waals surface area (Å²) in [6.07, 6.45) is 0. The van der Waals surface area contributed by atoms with Gasteiger partial charge in [-0.25, -0.2) is 4.98 Å². The van der Waals surface area contributed by atoms with Gasteiger partial charge in [0.1, 0.15) is 0 Å². The smallest absolute Gasteiger partial charge is 0.221 e. The summed E-state index contributed by atoms with van der Waals surface area (Å²) in [4.78, 5) is 15.1. The minimum Gasteiger partial charge on any atom is -0.379 e. The number of nitrogens with zero attached hydrogens (tertiary/aromatic N) is 1. The highest BCUT2D eigenvalue weighted by Gasteiger charge is 1.98. The molecular weight excluding hydrogens is 234 g/mol. The summed E-state index contributed by atoms with van der Waals surface area (Å²) >= 11 is 1.58. The van der Waals surface area contributed by atoms with Crippen molar-refractivity contribution in [3.63, 3.8) is 0 Å². The molecule has 0 spiro atoms. The molecule has 2 N–H and O–H groups in total. The van der Waals surface area contributed by atoms with Crippen molar-refractivity contribution in [2.45, 2.75) is 13.5 Å². The third-order valence-electron chi connectivity index (χ3n) is 2.14. The first kappa shape index (κ1) is 11.6. The largest absolute Gasteiger partial charge is 0.379 e. The summed E-state index contributed by atoms with van der Waals surface area (Å²) in [6.45, 7) is 2.18. The molecule has 4 nitrogen and oxygen atoms in total. The van der Waals surface area contributed by atoms with Crippen LogP contribution in [0.3, 0.4) is 0 Å². The summed E-state index contributed by atoms with van der Waals surface area (Å²) in [5.74, 6) is -0.0679. The monoisotopic (exact) mass is 247 g/mol. The topological polar surface area (TPSA) is 54.0 Å². The number of anilines is 2. The van der Waals surface area contributed by atoms with Gasteiger partial charge in [0.25, 0.3) is 0 Å². The predicted octanol–water partition coefficient (Wildman–Crippen LogP) is 2.71. The van der Waals surface area contributed by atoms with E-state index in [0.29, 0.717) is 6.54 Å². The molecule has 88 valence electrons. The molecule has 0 aliphatic rings. The summed E-state index contributed by atoms with van der Waals surface area (Å²) in [5, 5.41) is 8.00. The van der Waals surface area contributed by atoms with Gasteiger partial charge in [0.15, 0.2) is 0 Å². The second kappa shape index (κ2) is 5.45. The van der Waals surface area contributed by atoms with E-state index in [1.165, 1.54) is 6.92 Å². The zero-order valence-electron chi connectivity index (χ0n) is 9.43. The highest BCUT2D eigenvalue weighted by Crippen LogP contribution is 2.15. The van der Waals surface area contributed by atoms with Gasteiger partial charge in [-0.15, -0.1) is 11.3 Å². The Kier molecular flexibility index (Phi) is 3.72. The summed E-state index contributed by atoms with van der Waals surface area (Å²) in [7, 11) is 0. The number of hydrogen-bond donors (Lipinski definition) is 2. The molecule has 1 heterocycles. The molecule has 0 saturated carbocycles. The van der Waals surface area contributed by atoms with E-state index in [-0.39, 0.29) is 5.91 Å². The Morgan fingerprint density at radius 3 is 2.94 bits per heavy atom. The third-order valence-corrected chi connectivity index (χ3v) is 2.78. The number of thiazole rings is 1. The molecule has 0 aliphatic heterocycles. The van der Waals surface area contributed by atoms with Crippen LogP contribution in [0.5, 0.6) is 0 Å². The predicted molar refractivity (Wildman–Crippen MR) is 70.2 cm³/mol. The van der Waals surface area contributed by atoms with Crippen LogP contribution in [0.2, 0.25) is 0 Å². The molecule has 0 atom stereocenters. The van der Waals surface area contributed by atoms with Crippen LogP contribution in [0, 0.1) is 0 Å². The molecule has 17 heavy (non-hydrogen) atoms. The number of benzene rings is 1. The molecule has 2 rings (SSSR count). The lowest BCUT2D eigenvalue weighted by Gasteiger charge is -2.07. The number of rotatable bonds is 4. The Labute approximate surface area is 104 Å². The van der Waals surface area contributed by atoms with Crippen molar-refractivity contribution in [3.8, 4) is 0 Å². The fraction of sp³-hybridized carbons (Fsp3) is 0.167. The average molecular weight is 247 g/mol. The van der Waals surface area contributed by atoms with Crippen LogP contribution >= 0.6 is 11.3 Å². The van der Waals surface area contributed by atoms with Crippen LogP contribution in [0.15, 0.2) is 35.2 Å². The quantitative estimate of drug-likeness (QED) is 0.873. The summed E-state index contributed by atoms with van der Waals surface area (Å²) < 4.78 is 0. The Hall–Kier alpha value is -1.88. The first-order chi connectivity index (χ1) is 8.24. The van der Waals surface area contributed by atoms with E-state index in [1.54, 1.807) is 11.3 Å². The van der Waals surface area contributed by atoms with Crippen molar-refractivity contribution >= 4 is 28.6 Å². The first-order valence-corrected chi connectivity index (χ1v) is 6.17. The van der Waals surface area contributed by atoms with Crippen LogP contribution in [0.1, 0.15) is 12.6 Å². The molecule has 0 unspecified atom stereocenters. The molecule has 1 amide bonds. The van der Waals surface area contributed by atoms with Gasteiger partial charge in [-0.1, -0.05) is 6.07 Å². The van der Waals surface area contributed by atoms with Gasteiger partial charge in [0.2, 0.25) is 5.91 Å². The van der Waals surface area contributed by atoms with Crippen LogP contribution in [-0.4, -0.2) is 10.9 Å². The fourth-order valence-electron chi connectivity index (χ4n) is 1.43. The summed E-state index contributed by atoms with van der Waals surface area (Å²) in [5.41, 5.74) is 4.58. The van der Waals surface area contributed by atoms with E-state index in [4.69, 9.17) is 0 Å². The fourth-order valence-corrected chi connectivity index (χ4v) is 1.99. The Bertz CT molecular complexity index is 496. The van der Waals surface area contributed by atoms with Crippen molar-refractivity contribution < 1.29 is 4.79 Å². The molecule has 0 saturated heterocycles. The Balaban J connectivity index is 1.98. The van der Waals surface area contributed by atoms with Crippen LogP contribution in [0.4, 0.5) is 11.4 Å². The summed E-state index contributed by atoms with van der Waals surface area (Å²) in [6, 6.07) is 7.61. The second-order valence-corrected chi connectivity index (χ2v) is 4.31. The zero-order chi connectivity index (χ0) is 12.1. The number of carbonyl (C=O) groups excluding carboxylic acids is 1. The van der Waals surface area contributed by atoms with Crippen molar-refractivity contribution in [2.24, 2.45) is 0 Å². The highest BCUT2D eigenvalue weighted by atomic mass is 32.1. The number of hydrogen-bond acceptors (Lipinski definition) is 4. The van der Waals surface area contributed by atoms with Gasteiger partial charge >= 0.3 is 0 Å². The molecular formula is C12H13N3OS. The maximum absolute atomic E-state index is 10.9. The van der Waals surface area contributed by atoms with E-state index in [1.807, 2.05) is 35.2 Å². The van der Waals surface area contributed by atoms with E-state index < -0.39 is 0 Å². The van der Waals surface area contributed by atoms with Crippen molar-refractivity contribution in [1.82, 2.24) is 4.98 Å². The maximum atomic E-state index is 10.9. The van der Waals surface area contributed by atoms with Gasteiger partial charge in [-0.2, -0.15) is 0 Å². The minimum atomic E-state index is -0.0679. The van der Waals surface area contributed by atoms with Gasteiger partial charge in [-0.05, 0) is 18.2 Å². The van der Waals surface area contributed by atoms with Gasteiger partial charge < -0.3 is 10.6 Å². The second-order valence-electron chi connectivity index (χ2n) is 3.60. The molecule has 1 aromatic heterocycles. The van der Waals surface area contributed by atoms with Gasteiger partial charge in [0.05, 0.1) is 17.7 Å². The van der Waals surface area contributed by atoms with Crippen molar-refractivity contribution in [2.75, 3.05) is 10.6 Å². The van der Waals surface area contributed by atoms with E-state index in [9.17, 15) is 4.79 Å². The number of amides is 1. The van der Waals surface area contributed by atoms with Crippen molar-refractivity contribution in [3.05, 3.63) is 40.8 Å². The number of aromatic nitrogens is 1. The lowest BCUT2D eigenvalue weighted by atomic mass is 10.2. The minimum absolute atomic E-state index is 0.0679. The first-order valence-electron chi connectivity index (χ1n) is 5.22. The normalized spacial score (nSPS) is 9.94. The Morgan fingerprint density at radius 1 is 1.41 bits per heavy atom. The van der Waals surface area contributed by atoms with Crippen LogP contribution < -0.4 is 10.6 Å². The van der Waals surface area contributed by atoms with E-state index >= 15 is 0 Å². The van der Waals surface area contributed by atoms with Crippen LogP contribution in [-0.2, 0) is 11.3 Å². The van der Waals surface area contributed by atoms with Crippen molar-refractivity contribution in [1.29, 1.82) is 0 Å². The highest BCUT2D eigenvalue weighted by molar-refractivity contribution is 7.07. The maximum Gasteiger partial charge on any atom is 0.221 e. The van der Waals surface area contributed by atoms with Crippen LogP contribution in [0.25, 0.3) is 0 Å². The lowest BCUT2D eigenvalue weighted by Crippen LogP contribution is -2.06. The Morgan fingerprint density at radius 2 is 2.24 bits per heavy atom. The van der Waals surface area contributed by atoms with E-state index in [2.05, 4.69) is 15.6 Å². The molecule has 0 bridgehead atoms. The van der Waals surface area contributed by atoms with E-state index in [0.717, 1.165) is 17.1 Å². The van der Waals surface area contributed by atoms with Gasteiger partial charge in [0, 0.05) is 23.7 Å². The number of nitrogens with one attached hydrogen (secondary N) is 2. The molecule has 1 aromatic carbocycles. The third kappa shape index (κ3) is 3.57.